The molecule has 6 nitrogen and oxygen atoms in total. The van der Waals surface area contributed by atoms with Crippen molar-refractivity contribution in [2.75, 3.05) is 38.0 Å². The molecule has 1 aromatic heterocycles. The third-order valence-corrected chi connectivity index (χ3v) is 3.98. The molecule has 6 heteroatoms. The molecule has 0 aliphatic carbocycles. The van der Waals surface area contributed by atoms with Crippen molar-refractivity contribution in [1.29, 1.82) is 0 Å². The molecule has 0 aliphatic heterocycles. The molecule has 0 fully saturated rings. The lowest BCUT2D eigenvalue weighted by atomic mass is 10.1. The van der Waals surface area contributed by atoms with E-state index >= 15 is 0 Å². The molecule has 0 amide bonds. The van der Waals surface area contributed by atoms with E-state index in [1.54, 1.807) is 14.2 Å². The Hall–Kier alpha value is -3.12. The van der Waals surface area contributed by atoms with E-state index in [0.717, 1.165) is 41.5 Å². The number of methoxy groups -OCH3 is 2. The Morgan fingerprint density at radius 3 is 2.48 bits per heavy atom. The first-order valence-electron chi connectivity index (χ1n) is 8.87. The number of anilines is 3. The van der Waals surface area contributed by atoms with Gasteiger partial charge in [0.05, 0.1) is 18.5 Å². The highest BCUT2D eigenvalue weighted by molar-refractivity contribution is 5.68. The smallest absolute Gasteiger partial charge is 0.229 e. The first kappa shape index (κ1) is 18.7. The van der Waals surface area contributed by atoms with Crippen LogP contribution in [0.2, 0.25) is 0 Å². The molecule has 3 aromatic rings. The highest BCUT2D eigenvalue weighted by Crippen LogP contribution is 2.28. The van der Waals surface area contributed by atoms with E-state index in [1.807, 2.05) is 60.7 Å². The van der Waals surface area contributed by atoms with Crippen LogP contribution in [0.1, 0.15) is 6.42 Å². The molecule has 0 aliphatic rings. The zero-order valence-corrected chi connectivity index (χ0v) is 15.6. The second-order valence-electron chi connectivity index (χ2n) is 5.93. The van der Waals surface area contributed by atoms with Gasteiger partial charge in [0, 0.05) is 31.9 Å². The highest BCUT2D eigenvalue weighted by atomic mass is 16.5. The van der Waals surface area contributed by atoms with Crippen LogP contribution in [0.3, 0.4) is 0 Å². The van der Waals surface area contributed by atoms with Gasteiger partial charge < -0.3 is 20.1 Å². The largest absolute Gasteiger partial charge is 0.495 e. The van der Waals surface area contributed by atoms with E-state index in [1.165, 1.54) is 0 Å². The van der Waals surface area contributed by atoms with E-state index in [-0.39, 0.29) is 0 Å². The molecule has 0 unspecified atom stereocenters. The van der Waals surface area contributed by atoms with Gasteiger partial charge in [-0.2, -0.15) is 4.98 Å². The van der Waals surface area contributed by atoms with Crippen molar-refractivity contribution in [3.8, 4) is 17.0 Å². The summed E-state index contributed by atoms with van der Waals surface area (Å²) in [6, 6.07) is 19.7. The Labute approximate surface area is 159 Å². The minimum Gasteiger partial charge on any atom is -0.495 e. The molecule has 0 saturated carbocycles. The van der Waals surface area contributed by atoms with Gasteiger partial charge in [0.2, 0.25) is 5.95 Å². The zero-order chi connectivity index (χ0) is 18.9. The van der Waals surface area contributed by atoms with Crippen LogP contribution in [0.4, 0.5) is 17.5 Å². The molecule has 2 N–H and O–H groups in total. The Bertz CT molecular complexity index is 856. The quantitative estimate of drug-likeness (QED) is 0.550. The van der Waals surface area contributed by atoms with Crippen LogP contribution in [-0.2, 0) is 4.74 Å². The molecule has 0 bridgehead atoms. The van der Waals surface area contributed by atoms with Gasteiger partial charge in [0.15, 0.2) is 0 Å². The zero-order valence-electron chi connectivity index (χ0n) is 15.6. The normalized spacial score (nSPS) is 10.4. The third-order valence-electron chi connectivity index (χ3n) is 3.98. The maximum Gasteiger partial charge on any atom is 0.229 e. The van der Waals surface area contributed by atoms with Crippen molar-refractivity contribution in [1.82, 2.24) is 9.97 Å². The maximum atomic E-state index is 5.41. The monoisotopic (exact) mass is 364 g/mol. The fourth-order valence-corrected chi connectivity index (χ4v) is 2.65. The van der Waals surface area contributed by atoms with Crippen LogP contribution < -0.4 is 15.4 Å². The molecule has 140 valence electrons. The topological polar surface area (TPSA) is 68.3 Å². The summed E-state index contributed by atoms with van der Waals surface area (Å²) in [6.07, 6.45) is 0.899. The third kappa shape index (κ3) is 5.18. The number of aromatic nitrogens is 2. The van der Waals surface area contributed by atoms with E-state index in [9.17, 15) is 0 Å². The summed E-state index contributed by atoms with van der Waals surface area (Å²) in [6.45, 7) is 1.48. The van der Waals surface area contributed by atoms with Gasteiger partial charge in [-0.15, -0.1) is 0 Å². The second-order valence-corrected chi connectivity index (χ2v) is 5.93. The predicted molar refractivity (Wildman–Crippen MR) is 109 cm³/mol. The van der Waals surface area contributed by atoms with Gasteiger partial charge in [0.25, 0.3) is 0 Å². The molecule has 0 spiro atoms. The van der Waals surface area contributed by atoms with Crippen molar-refractivity contribution in [3.63, 3.8) is 0 Å². The van der Waals surface area contributed by atoms with E-state index in [0.29, 0.717) is 12.6 Å². The number of nitrogens with zero attached hydrogens (tertiary/aromatic N) is 2. The fraction of sp³-hybridized carbons (Fsp3) is 0.238. The van der Waals surface area contributed by atoms with E-state index in [2.05, 4.69) is 20.6 Å². The lowest BCUT2D eigenvalue weighted by Gasteiger charge is -2.13. The Balaban J connectivity index is 1.89. The number of rotatable bonds is 9. The van der Waals surface area contributed by atoms with Gasteiger partial charge in [-0.05, 0) is 18.6 Å². The number of nitrogens with one attached hydrogen (secondary N) is 2. The summed E-state index contributed by atoms with van der Waals surface area (Å²) in [5.74, 6) is 2.01. The van der Waals surface area contributed by atoms with Crippen LogP contribution in [0.5, 0.6) is 5.75 Å². The van der Waals surface area contributed by atoms with Crippen LogP contribution in [0.15, 0.2) is 60.7 Å². The Morgan fingerprint density at radius 2 is 1.70 bits per heavy atom. The predicted octanol–water partition coefficient (Wildman–Crippen LogP) is 4.34. The van der Waals surface area contributed by atoms with Gasteiger partial charge in [-0.25, -0.2) is 4.98 Å². The van der Waals surface area contributed by atoms with Crippen molar-refractivity contribution >= 4 is 17.5 Å². The summed E-state index contributed by atoms with van der Waals surface area (Å²) < 4.78 is 10.5. The van der Waals surface area contributed by atoms with Crippen molar-refractivity contribution < 1.29 is 9.47 Å². The summed E-state index contributed by atoms with van der Waals surface area (Å²) in [5, 5.41) is 6.61. The molecule has 27 heavy (non-hydrogen) atoms. The number of benzene rings is 2. The average Bonchev–Trinajstić information content (AvgIpc) is 2.72. The Morgan fingerprint density at radius 1 is 0.926 bits per heavy atom. The molecular formula is C21H24N4O2. The van der Waals surface area contributed by atoms with Crippen LogP contribution in [-0.4, -0.2) is 37.3 Å². The van der Waals surface area contributed by atoms with Crippen LogP contribution in [0, 0.1) is 0 Å². The Kier molecular flexibility index (Phi) is 6.60. The first-order valence-corrected chi connectivity index (χ1v) is 8.87. The minimum atomic E-state index is 0.509. The van der Waals surface area contributed by atoms with Crippen molar-refractivity contribution in [2.24, 2.45) is 0 Å². The number of para-hydroxylation sites is 2. The molecule has 1 heterocycles. The van der Waals surface area contributed by atoms with Gasteiger partial charge in [-0.1, -0.05) is 42.5 Å². The summed E-state index contributed by atoms with van der Waals surface area (Å²) >= 11 is 0. The highest BCUT2D eigenvalue weighted by Gasteiger charge is 2.09. The maximum absolute atomic E-state index is 5.41. The van der Waals surface area contributed by atoms with Gasteiger partial charge in [-0.3, -0.25) is 0 Å². The standard InChI is InChI=1S/C21H24N4O2/c1-26-14-8-13-22-20-15-18(16-9-4-3-5-10-16)24-21(25-20)23-17-11-6-7-12-19(17)27-2/h3-7,9-12,15H,8,13-14H2,1-2H3,(H2,22,23,24,25). The average molecular weight is 364 g/mol. The lowest BCUT2D eigenvalue weighted by molar-refractivity contribution is 0.198. The summed E-state index contributed by atoms with van der Waals surface area (Å²) in [4.78, 5) is 9.27. The van der Waals surface area contributed by atoms with Crippen LogP contribution in [0.25, 0.3) is 11.3 Å². The summed E-state index contributed by atoms with van der Waals surface area (Å²) in [7, 11) is 3.35. The molecular weight excluding hydrogens is 340 g/mol. The fourth-order valence-electron chi connectivity index (χ4n) is 2.65. The van der Waals surface area contributed by atoms with Crippen LogP contribution >= 0.6 is 0 Å². The number of ether oxygens (including phenoxy) is 2. The van der Waals surface area contributed by atoms with E-state index in [4.69, 9.17) is 9.47 Å². The SMILES string of the molecule is COCCCNc1cc(-c2ccccc2)nc(Nc2ccccc2OC)n1. The molecule has 0 radical (unpaired) electrons. The van der Waals surface area contributed by atoms with Crippen molar-refractivity contribution in [2.45, 2.75) is 6.42 Å². The number of hydrogen-bond donors (Lipinski definition) is 2. The minimum absolute atomic E-state index is 0.509. The molecule has 0 atom stereocenters. The lowest BCUT2D eigenvalue weighted by Crippen LogP contribution is -2.08. The van der Waals surface area contributed by atoms with Gasteiger partial charge >= 0.3 is 0 Å². The summed E-state index contributed by atoms with van der Waals surface area (Å²) in [5.41, 5.74) is 2.69. The first-order chi connectivity index (χ1) is 13.3. The number of hydrogen-bond acceptors (Lipinski definition) is 6. The molecule has 3 rings (SSSR count). The second kappa shape index (κ2) is 9.54. The van der Waals surface area contributed by atoms with Gasteiger partial charge in [0.1, 0.15) is 11.6 Å². The van der Waals surface area contributed by atoms with Crippen molar-refractivity contribution in [3.05, 3.63) is 60.7 Å². The molecule has 0 saturated heterocycles. The molecule has 2 aromatic carbocycles. The van der Waals surface area contributed by atoms with E-state index < -0.39 is 0 Å².